The summed E-state index contributed by atoms with van der Waals surface area (Å²) in [5, 5.41) is 2.26. The van der Waals surface area contributed by atoms with Gasteiger partial charge in [-0.3, -0.25) is 9.80 Å². The molecule has 0 saturated carbocycles. The number of fused-ring (bicyclic) bond motifs is 1. The second kappa shape index (κ2) is 13.1. The molecule has 6 aromatic rings. The van der Waals surface area contributed by atoms with E-state index in [-0.39, 0.29) is 10.8 Å². The van der Waals surface area contributed by atoms with E-state index < -0.39 is 0 Å². The second-order valence-electron chi connectivity index (χ2n) is 14.4. The van der Waals surface area contributed by atoms with Gasteiger partial charge in [-0.15, -0.1) is 0 Å². The SMILES string of the molecule is C/C=C\c1c(C)c(N(c2ccc(C(C)(C)C)cc2)c2ccccn2)c2ccccc2c1N(c1ccc(C(C)(C)C)cc1)c1ccccn1. The smallest absolute Gasteiger partial charge is 0.137 e. The van der Waals surface area contributed by atoms with Crippen molar-refractivity contribution in [2.45, 2.75) is 66.2 Å². The van der Waals surface area contributed by atoms with Gasteiger partial charge in [0.2, 0.25) is 0 Å². The first kappa shape index (κ1) is 32.7. The van der Waals surface area contributed by atoms with Crippen molar-refractivity contribution in [2.75, 3.05) is 9.80 Å². The second-order valence-corrected chi connectivity index (χ2v) is 14.4. The van der Waals surface area contributed by atoms with Crippen molar-refractivity contribution in [3.05, 3.63) is 150 Å². The predicted octanol–water partition coefficient (Wildman–Crippen LogP) is 12.5. The summed E-state index contributed by atoms with van der Waals surface area (Å²) in [7, 11) is 0. The van der Waals surface area contributed by atoms with Crippen LogP contribution in [0, 0.1) is 6.92 Å². The number of hydrogen-bond acceptors (Lipinski definition) is 4. The lowest BCUT2D eigenvalue weighted by Crippen LogP contribution is -2.18. The van der Waals surface area contributed by atoms with Crippen LogP contribution in [0.25, 0.3) is 16.8 Å². The lowest BCUT2D eigenvalue weighted by atomic mass is 9.87. The highest BCUT2D eigenvalue weighted by atomic mass is 15.2. The van der Waals surface area contributed by atoms with Crippen LogP contribution in [0.1, 0.15) is 70.7 Å². The van der Waals surface area contributed by atoms with Crippen LogP contribution < -0.4 is 9.80 Å². The number of aromatic nitrogens is 2. The van der Waals surface area contributed by atoms with Gasteiger partial charge < -0.3 is 0 Å². The quantitative estimate of drug-likeness (QED) is 0.176. The van der Waals surface area contributed by atoms with E-state index in [1.807, 2.05) is 24.5 Å². The van der Waals surface area contributed by atoms with Crippen LogP contribution in [-0.4, -0.2) is 9.97 Å². The molecule has 0 unspecified atom stereocenters. The Morgan fingerprint density at radius 2 is 0.938 bits per heavy atom. The molecule has 2 heterocycles. The maximum Gasteiger partial charge on any atom is 0.137 e. The standard InChI is InChI=1S/C44H46N4/c1-9-16-36-31(2)41(47(39-19-12-14-29-45-39)34-25-21-32(22-26-34)43(3,4)5)37-17-10-11-18-38(37)42(36)48(40-20-13-15-30-46-40)35-27-23-33(24-28-35)44(6,7)8/h9-30H,1-8H3/b16-9-. The largest absolute Gasteiger partial charge is 0.294 e. The number of pyridine rings is 2. The molecule has 48 heavy (non-hydrogen) atoms. The average molecular weight is 631 g/mol. The molecular weight excluding hydrogens is 585 g/mol. The molecule has 0 radical (unpaired) electrons. The molecule has 4 heteroatoms. The molecule has 4 nitrogen and oxygen atoms in total. The number of anilines is 6. The zero-order valence-corrected chi connectivity index (χ0v) is 29.5. The molecule has 0 fully saturated rings. The maximum atomic E-state index is 4.90. The Labute approximate surface area is 286 Å². The van der Waals surface area contributed by atoms with Gasteiger partial charge in [0.1, 0.15) is 11.6 Å². The predicted molar refractivity (Wildman–Crippen MR) is 206 cm³/mol. The number of benzene rings is 4. The first-order valence-corrected chi connectivity index (χ1v) is 16.8. The minimum atomic E-state index is 0.0510. The van der Waals surface area contributed by atoms with E-state index in [0.29, 0.717) is 0 Å². The van der Waals surface area contributed by atoms with E-state index >= 15 is 0 Å². The Morgan fingerprint density at radius 1 is 0.521 bits per heavy atom. The van der Waals surface area contributed by atoms with Crippen LogP contribution in [0.15, 0.2) is 128 Å². The van der Waals surface area contributed by atoms with Gasteiger partial charge in [0.25, 0.3) is 0 Å². The third kappa shape index (κ3) is 6.35. The van der Waals surface area contributed by atoms with E-state index in [1.165, 1.54) is 11.1 Å². The average Bonchev–Trinajstić information content (AvgIpc) is 3.08. The lowest BCUT2D eigenvalue weighted by molar-refractivity contribution is 0.590. The van der Waals surface area contributed by atoms with Gasteiger partial charge >= 0.3 is 0 Å². The molecule has 0 atom stereocenters. The fourth-order valence-corrected chi connectivity index (χ4v) is 6.39. The third-order valence-corrected chi connectivity index (χ3v) is 8.97. The van der Waals surface area contributed by atoms with Crippen LogP contribution in [0.3, 0.4) is 0 Å². The van der Waals surface area contributed by atoms with Crippen molar-refractivity contribution in [3.8, 4) is 0 Å². The molecule has 0 saturated heterocycles. The summed E-state index contributed by atoms with van der Waals surface area (Å²) in [4.78, 5) is 14.4. The fraction of sp³-hybridized carbons (Fsp3) is 0.227. The minimum absolute atomic E-state index is 0.0510. The Hall–Kier alpha value is -5.22. The fourth-order valence-electron chi connectivity index (χ4n) is 6.39. The molecule has 0 N–H and O–H groups in total. The van der Waals surface area contributed by atoms with E-state index in [1.54, 1.807) is 0 Å². The summed E-state index contributed by atoms with van der Waals surface area (Å²) in [6, 6.07) is 38.9. The highest BCUT2D eigenvalue weighted by Crippen LogP contribution is 2.49. The lowest BCUT2D eigenvalue weighted by Gasteiger charge is -2.33. The first-order chi connectivity index (χ1) is 23.0. The van der Waals surface area contributed by atoms with Crippen LogP contribution in [0.5, 0.6) is 0 Å². The van der Waals surface area contributed by atoms with Crippen LogP contribution in [0.4, 0.5) is 34.4 Å². The van der Waals surface area contributed by atoms with Crippen molar-refractivity contribution in [3.63, 3.8) is 0 Å². The van der Waals surface area contributed by atoms with E-state index in [2.05, 4.69) is 174 Å². The van der Waals surface area contributed by atoms with Crippen LogP contribution in [0.2, 0.25) is 0 Å². The van der Waals surface area contributed by atoms with Gasteiger partial charge in [-0.05, 0) is 89.9 Å². The summed E-state index contributed by atoms with van der Waals surface area (Å²) >= 11 is 0. The van der Waals surface area contributed by atoms with Crippen molar-refractivity contribution in [1.82, 2.24) is 9.97 Å². The topological polar surface area (TPSA) is 32.3 Å². The van der Waals surface area contributed by atoms with Crippen molar-refractivity contribution < 1.29 is 0 Å². The van der Waals surface area contributed by atoms with E-state index in [0.717, 1.165) is 56.3 Å². The van der Waals surface area contributed by atoms with Crippen LogP contribution >= 0.6 is 0 Å². The number of rotatable bonds is 7. The third-order valence-electron chi connectivity index (χ3n) is 8.97. The van der Waals surface area contributed by atoms with E-state index in [9.17, 15) is 0 Å². The molecule has 0 aliphatic carbocycles. The van der Waals surface area contributed by atoms with Crippen molar-refractivity contribution in [2.24, 2.45) is 0 Å². The Morgan fingerprint density at radius 3 is 1.33 bits per heavy atom. The molecule has 0 spiro atoms. The maximum absolute atomic E-state index is 4.90. The number of allylic oxidation sites excluding steroid dienone is 1. The van der Waals surface area contributed by atoms with Crippen molar-refractivity contribution >= 4 is 51.2 Å². The van der Waals surface area contributed by atoms with Gasteiger partial charge in [0.15, 0.2) is 0 Å². The molecule has 0 aliphatic heterocycles. The molecule has 242 valence electrons. The Balaban J connectivity index is 1.68. The van der Waals surface area contributed by atoms with Gasteiger partial charge in [-0.25, -0.2) is 9.97 Å². The minimum Gasteiger partial charge on any atom is -0.294 e. The van der Waals surface area contributed by atoms with Gasteiger partial charge in [-0.1, -0.05) is 114 Å². The molecular formula is C44H46N4. The summed E-state index contributed by atoms with van der Waals surface area (Å²) in [6.45, 7) is 17.8. The zero-order chi connectivity index (χ0) is 34.1. The summed E-state index contributed by atoms with van der Waals surface area (Å²) < 4.78 is 0. The monoisotopic (exact) mass is 630 g/mol. The summed E-state index contributed by atoms with van der Waals surface area (Å²) in [5.41, 5.74) is 9.29. The van der Waals surface area contributed by atoms with Gasteiger partial charge in [-0.2, -0.15) is 0 Å². The molecule has 0 aliphatic rings. The Bertz CT molecular complexity index is 2030. The zero-order valence-electron chi connectivity index (χ0n) is 29.5. The summed E-state index contributed by atoms with van der Waals surface area (Å²) in [6.07, 6.45) is 8.11. The highest BCUT2D eigenvalue weighted by Gasteiger charge is 2.27. The Kier molecular flexibility index (Phi) is 8.94. The normalized spacial score (nSPS) is 12.1. The molecule has 2 aromatic heterocycles. The van der Waals surface area contributed by atoms with Crippen LogP contribution in [-0.2, 0) is 10.8 Å². The number of hydrogen-bond donors (Lipinski definition) is 0. The molecule has 0 bridgehead atoms. The molecule has 0 amide bonds. The summed E-state index contributed by atoms with van der Waals surface area (Å²) in [5.74, 6) is 1.73. The van der Waals surface area contributed by atoms with Crippen molar-refractivity contribution in [1.29, 1.82) is 0 Å². The highest BCUT2D eigenvalue weighted by molar-refractivity contribution is 6.11. The molecule has 6 rings (SSSR count). The van der Waals surface area contributed by atoms with Gasteiger partial charge in [0.05, 0.1) is 11.4 Å². The van der Waals surface area contributed by atoms with Gasteiger partial charge in [0, 0.05) is 40.1 Å². The molecule has 4 aromatic carbocycles. The first-order valence-electron chi connectivity index (χ1n) is 16.8. The van der Waals surface area contributed by atoms with E-state index in [4.69, 9.17) is 9.97 Å². The number of nitrogens with zero attached hydrogens (tertiary/aromatic N) is 4.